The Kier molecular flexibility index (Phi) is 1.66. The summed E-state index contributed by atoms with van der Waals surface area (Å²) in [6, 6.07) is 5.05. The number of benzene rings is 1. The Labute approximate surface area is 78.4 Å². The van der Waals surface area contributed by atoms with Gasteiger partial charge in [-0.3, -0.25) is 4.98 Å². The van der Waals surface area contributed by atoms with Gasteiger partial charge in [0.1, 0.15) is 4.99 Å². The molecule has 0 unspecified atom stereocenters. The van der Waals surface area contributed by atoms with Crippen molar-refractivity contribution in [1.29, 1.82) is 0 Å². The van der Waals surface area contributed by atoms with Gasteiger partial charge in [0.05, 0.1) is 5.52 Å². The fraction of sp³-hybridized carbons (Fsp3) is 0. The van der Waals surface area contributed by atoms with Gasteiger partial charge in [-0.05, 0) is 18.2 Å². The lowest BCUT2D eigenvalue weighted by atomic mass is 10.2. The predicted octanol–water partition coefficient (Wildman–Crippen LogP) is 0.755. The molecule has 0 aliphatic heterocycles. The van der Waals surface area contributed by atoms with E-state index in [1.54, 1.807) is 18.2 Å². The second-order valence-electron chi connectivity index (χ2n) is 2.59. The zero-order chi connectivity index (χ0) is 9.42. The molecule has 5 heteroatoms. The first-order valence-electron chi connectivity index (χ1n) is 3.59. The van der Waals surface area contributed by atoms with Crippen LogP contribution in [0.25, 0.3) is 11.1 Å². The first-order valence-corrected chi connectivity index (χ1v) is 4.00. The Balaban J connectivity index is 2.74. The molecule has 0 atom stereocenters. The molecule has 1 aromatic heterocycles. The van der Waals surface area contributed by atoms with E-state index in [0.717, 1.165) is 0 Å². The van der Waals surface area contributed by atoms with Crippen molar-refractivity contribution in [2.45, 2.75) is 0 Å². The molecule has 0 aliphatic rings. The van der Waals surface area contributed by atoms with E-state index in [9.17, 15) is 4.79 Å². The van der Waals surface area contributed by atoms with Gasteiger partial charge in [0, 0.05) is 5.56 Å². The van der Waals surface area contributed by atoms with Gasteiger partial charge >= 0.3 is 5.76 Å². The van der Waals surface area contributed by atoms with E-state index in [-0.39, 0.29) is 0 Å². The Morgan fingerprint density at radius 2 is 2.31 bits per heavy atom. The number of hydrogen-bond acceptors (Lipinski definition) is 3. The molecule has 0 spiro atoms. The number of H-pyrrole nitrogens is 1. The van der Waals surface area contributed by atoms with Crippen LogP contribution in [0.3, 0.4) is 0 Å². The third-order valence-corrected chi connectivity index (χ3v) is 1.94. The highest BCUT2D eigenvalue weighted by atomic mass is 32.1. The highest BCUT2D eigenvalue weighted by molar-refractivity contribution is 7.80. The number of aromatic amines is 1. The lowest BCUT2D eigenvalue weighted by Crippen LogP contribution is -2.08. The van der Waals surface area contributed by atoms with E-state index in [4.69, 9.17) is 22.4 Å². The molecule has 0 radical (unpaired) electrons. The second kappa shape index (κ2) is 2.70. The zero-order valence-electron chi connectivity index (χ0n) is 6.53. The highest BCUT2D eigenvalue weighted by Gasteiger charge is 2.02. The van der Waals surface area contributed by atoms with Crippen molar-refractivity contribution in [2.24, 2.45) is 5.73 Å². The van der Waals surface area contributed by atoms with Crippen LogP contribution in [0.2, 0.25) is 0 Å². The lowest BCUT2D eigenvalue weighted by Gasteiger charge is -1.95. The molecular weight excluding hydrogens is 188 g/mol. The summed E-state index contributed by atoms with van der Waals surface area (Å²) in [5.74, 6) is -0.477. The Morgan fingerprint density at radius 1 is 1.54 bits per heavy atom. The Bertz CT molecular complexity index is 526. The average Bonchev–Trinajstić information content (AvgIpc) is 2.42. The van der Waals surface area contributed by atoms with E-state index in [1.165, 1.54) is 0 Å². The van der Waals surface area contributed by atoms with Crippen molar-refractivity contribution in [2.75, 3.05) is 0 Å². The summed E-state index contributed by atoms with van der Waals surface area (Å²) in [5, 5.41) is 0. The molecule has 2 aromatic rings. The van der Waals surface area contributed by atoms with Gasteiger partial charge in [0.2, 0.25) is 0 Å². The van der Waals surface area contributed by atoms with Crippen LogP contribution in [0.4, 0.5) is 0 Å². The van der Waals surface area contributed by atoms with E-state index in [2.05, 4.69) is 4.98 Å². The standard InChI is InChI=1S/C8H6N2O2S/c9-7(13)4-1-2-6-5(3-4)10-8(11)12-6/h1-3H,(H2,9,13)(H,10,11). The predicted molar refractivity (Wildman–Crippen MR) is 52.7 cm³/mol. The zero-order valence-corrected chi connectivity index (χ0v) is 7.35. The van der Waals surface area contributed by atoms with Crippen LogP contribution >= 0.6 is 12.2 Å². The molecule has 0 fully saturated rings. The fourth-order valence-corrected chi connectivity index (χ4v) is 1.23. The molecule has 1 aromatic carbocycles. The monoisotopic (exact) mass is 194 g/mol. The largest absolute Gasteiger partial charge is 0.417 e. The summed E-state index contributed by atoms with van der Waals surface area (Å²) >= 11 is 4.79. The van der Waals surface area contributed by atoms with E-state index >= 15 is 0 Å². The molecule has 13 heavy (non-hydrogen) atoms. The number of nitrogens with one attached hydrogen (secondary N) is 1. The molecule has 0 amide bonds. The van der Waals surface area contributed by atoms with E-state index in [0.29, 0.717) is 21.7 Å². The number of oxazole rings is 1. The van der Waals surface area contributed by atoms with Crippen molar-refractivity contribution in [1.82, 2.24) is 4.98 Å². The normalized spacial score (nSPS) is 10.5. The molecule has 1 heterocycles. The highest BCUT2D eigenvalue weighted by Crippen LogP contribution is 2.11. The number of nitrogens with two attached hydrogens (primary N) is 1. The van der Waals surface area contributed by atoms with Crippen LogP contribution in [0.1, 0.15) is 5.56 Å². The van der Waals surface area contributed by atoms with E-state index in [1.807, 2.05) is 0 Å². The van der Waals surface area contributed by atoms with Crippen molar-refractivity contribution >= 4 is 28.3 Å². The summed E-state index contributed by atoms with van der Waals surface area (Å²) in [7, 11) is 0. The summed E-state index contributed by atoms with van der Waals surface area (Å²) in [6.07, 6.45) is 0. The van der Waals surface area contributed by atoms with Crippen LogP contribution in [-0.4, -0.2) is 9.97 Å². The fourth-order valence-electron chi connectivity index (χ4n) is 1.11. The third-order valence-electron chi connectivity index (χ3n) is 1.70. The van der Waals surface area contributed by atoms with Crippen molar-refractivity contribution in [3.8, 4) is 0 Å². The minimum atomic E-state index is -0.477. The van der Waals surface area contributed by atoms with Crippen LogP contribution in [0.5, 0.6) is 0 Å². The van der Waals surface area contributed by atoms with Crippen LogP contribution < -0.4 is 11.5 Å². The summed E-state index contributed by atoms with van der Waals surface area (Å²) < 4.78 is 4.81. The molecule has 0 saturated carbocycles. The maximum atomic E-state index is 10.8. The lowest BCUT2D eigenvalue weighted by molar-refractivity contribution is 0.555. The van der Waals surface area contributed by atoms with Gasteiger partial charge in [0.25, 0.3) is 0 Å². The van der Waals surface area contributed by atoms with Crippen molar-refractivity contribution in [3.63, 3.8) is 0 Å². The molecule has 0 bridgehead atoms. The number of rotatable bonds is 1. The molecule has 0 saturated heterocycles. The van der Waals surface area contributed by atoms with Crippen LogP contribution in [0.15, 0.2) is 27.4 Å². The van der Waals surface area contributed by atoms with Gasteiger partial charge in [0.15, 0.2) is 5.58 Å². The summed E-state index contributed by atoms with van der Waals surface area (Å²) in [6.45, 7) is 0. The molecule has 4 nitrogen and oxygen atoms in total. The molecule has 2 rings (SSSR count). The number of fused-ring (bicyclic) bond motifs is 1. The SMILES string of the molecule is NC(=S)c1ccc2oc(=O)[nH]c2c1. The van der Waals surface area contributed by atoms with Gasteiger partial charge in [-0.2, -0.15) is 0 Å². The van der Waals surface area contributed by atoms with Gasteiger partial charge in [-0.1, -0.05) is 12.2 Å². The van der Waals surface area contributed by atoms with Crippen molar-refractivity contribution < 1.29 is 4.42 Å². The first kappa shape index (κ1) is 8.00. The molecule has 3 N–H and O–H groups in total. The van der Waals surface area contributed by atoms with E-state index < -0.39 is 5.76 Å². The van der Waals surface area contributed by atoms with Gasteiger partial charge in [-0.15, -0.1) is 0 Å². The molecule has 0 aliphatic carbocycles. The minimum Gasteiger partial charge on any atom is -0.408 e. The quantitative estimate of drug-likeness (QED) is 0.657. The average molecular weight is 194 g/mol. The Hall–Kier alpha value is -1.62. The summed E-state index contributed by atoms with van der Waals surface area (Å²) in [4.78, 5) is 13.6. The van der Waals surface area contributed by atoms with Gasteiger partial charge in [-0.25, -0.2) is 4.79 Å². The number of thiocarbonyl (C=S) groups is 1. The Morgan fingerprint density at radius 3 is 3.00 bits per heavy atom. The maximum Gasteiger partial charge on any atom is 0.417 e. The topological polar surface area (TPSA) is 72.0 Å². The van der Waals surface area contributed by atoms with Crippen LogP contribution in [-0.2, 0) is 0 Å². The minimum absolute atomic E-state index is 0.295. The number of aromatic nitrogens is 1. The molecule has 66 valence electrons. The first-order chi connectivity index (χ1) is 6.16. The molecular formula is C8H6N2O2S. The maximum absolute atomic E-state index is 10.8. The van der Waals surface area contributed by atoms with Crippen molar-refractivity contribution in [3.05, 3.63) is 34.3 Å². The smallest absolute Gasteiger partial charge is 0.408 e. The van der Waals surface area contributed by atoms with Crippen LogP contribution in [0, 0.1) is 0 Å². The number of hydrogen-bond donors (Lipinski definition) is 2. The van der Waals surface area contributed by atoms with Gasteiger partial charge < -0.3 is 10.2 Å². The summed E-state index contributed by atoms with van der Waals surface area (Å²) in [5.41, 5.74) is 7.24. The second-order valence-corrected chi connectivity index (χ2v) is 3.03. The third kappa shape index (κ3) is 1.33.